The van der Waals surface area contributed by atoms with Gasteiger partial charge in [-0.05, 0) is 93.7 Å². The number of carbonyl (C=O) groups excluding carboxylic acids is 2. The molecule has 9 nitrogen and oxygen atoms in total. The second-order valence-electron chi connectivity index (χ2n) is 13.9. The van der Waals surface area contributed by atoms with Crippen molar-refractivity contribution in [1.82, 2.24) is 35.0 Å². The van der Waals surface area contributed by atoms with E-state index >= 15 is 0 Å². The van der Waals surface area contributed by atoms with Gasteiger partial charge < -0.3 is 10.6 Å². The molecule has 2 amide bonds. The van der Waals surface area contributed by atoms with Gasteiger partial charge in [-0.25, -0.2) is 22.7 Å². The Morgan fingerprint density at radius 3 is 2.35 bits per heavy atom. The normalized spacial score (nSPS) is 27.8. The van der Waals surface area contributed by atoms with Gasteiger partial charge in [0.15, 0.2) is 5.65 Å². The minimum atomic E-state index is -2.70. The summed E-state index contributed by atoms with van der Waals surface area (Å²) in [6, 6.07) is 2.73. The van der Waals surface area contributed by atoms with E-state index in [0.29, 0.717) is 48.6 Å². The first kappa shape index (κ1) is 28.3. The van der Waals surface area contributed by atoms with Crippen molar-refractivity contribution in [3.8, 4) is 0 Å². The molecule has 0 spiro atoms. The third-order valence-electron chi connectivity index (χ3n) is 9.97. The number of carbonyl (C=O) groups is 2. The van der Waals surface area contributed by atoms with E-state index in [0.717, 1.165) is 18.4 Å². The molecule has 3 aromatic heterocycles. The molecular weight excluding hydrogens is 559 g/mol. The van der Waals surface area contributed by atoms with Crippen molar-refractivity contribution in [2.75, 3.05) is 0 Å². The monoisotopic (exact) mass is 597 g/mol. The van der Waals surface area contributed by atoms with Crippen LogP contribution in [-0.2, 0) is 4.79 Å². The number of hydrogen-bond donors (Lipinski definition) is 2. The minimum absolute atomic E-state index is 0.0281. The fourth-order valence-electron chi connectivity index (χ4n) is 7.70. The molecule has 5 aliphatic rings. The highest BCUT2D eigenvalue weighted by Gasteiger charge is 2.69. The average Bonchev–Trinajstić information content (AvgIpc) is 3.47. The summed E-state index contributed by atoms with van der Waals surface area (Å²) < 4.78 is 45.4. The van der Waals surface area contributed by atoms with Crippen molar-refractivity contribution in [3.05, 3.63) is 47.7 Å². The summed E-state index contributed by atoms with van der Waals surface area (Å²) in [4.78, 5) is 31.2. The van der Waals surface area contributed by atoms with E-state index in [9.17, 15) is 22.8 Å². The molecule has 0 aliphatic heterocycles. The first-order valence-corrected chi connectivity index (χ1v) is 15.5. The lowest BCUT2D eigenvalue weighted by atomic mass is 9.41. The second kappa shape index (κ2) is 10.1. The van der Waals surface area contributed by atoms with Crippen LogP contribution in [0.4, 0.5) is 13.2 Å². The number of alkyl halides is 3. The summed E-state index contributed by atoms with van der Waals surface area (Å²) in [5.74, 6) is -3.00. The second-order valence-corrected chi connectivity index (χ2v) is 13.9. The van der Waals surface area contributed by atoms with Crippen LogP contribution < -0.4 is 10.6 Å². The molecule has 1 unspecified atom stereocenters. The van der Waals surface area contributed by atoms with Crippen molar-refractivity contribution in [3.63, 3.8) is 0 Å². The fourth-order valence-corrected chi connectivity index (χ4v) is 7.70. The van der Waals surface area contributed by atoms with Crippen LogP contribution >= 0.6 is 0 Å². The lowest BCUT2D eigenvalue weighted by Crippen LogP contribution is -2.65. The predicted molar refractivity (Wildman–Crippen MR) is 151 cm³/mol. The number of imidazole rings is 1. The van der Waals surface area contributed by atoms with E-state index < -0.39 is 17.6 Å². The molecule has 8 rings (SSSR count). The van der Waals surface area contributed by atoms with Crippen LogP contribution in [0.3, 0.4) is 0 Å². The maximum absolute atomic E-state index is 14.1. The van der Waals surface area contributed by atoms with E-state index in [1.54, 1.807) is 33.9 Å². The van der Waals surface area contributed by atoms with Crippen molar-refractivity contribution < 1.29 is 22.8 Å². The van der Waals surface area contributed by atoms with Crippen molar-refractivity contribution in [2.45, 2.75) is 108 Å². The summed E-state index contributed by atoms with van der Waals surface area (Å²) in [7, 11) is 0. The Labute approximate surface area is 248 Å². The van der Waals surface area contributed by atoms with Crippen LogP contribution in [0.1, 0.15) is 118 Å². The molecule has 43 heavy (non-hydrogen) atoms. The Balaban J connectivity index is 1.13. The number of amides is 2. The summed E-state index contributed by atoms with van der Waals surface area (Å²) in [6.07, 6.45) is 8.91. The topological polar surface area (TPSA) is 106 Å². The van der Waals surface area contributed by atoms with Crippen molar-refractivity contribution >= 4 is 17.5 Å². The summed E-state index contributed by atoms with van der Waals surface area (Å²) in [6.45, 7) is 3.86. The Kier molecular flexibility index (Phi) is 6.63. The molecule has 0 saturated heterocycles. The highest BCUT2D eigenvalue weighted by molar-refractivity contribution is 5.92. The van der Waals surface area contributed by atoms with Gasteiger partial charge in [-0.1, -0.05) is 0 Å². The molecule has 5 saturated carbocycles. The number of halogens is 3. The standard InChI is InChI=1S/C31H38F3N7O2/c1-18(2)41-23(7-10-35-41)28(43)39-27(20-5-8-31(33,34)9-6-20)22-14-40-24(37-22)11-21(13-36-40)26(19-3-4-19)38-25(42)12-29-15-30(32,16-29)17-29/h7,10-11,13-14,18-20,26-27H,3-6,8-9,12,15-17H2,1-2H3,(H,38,42)(H,39,43)/t26?,27-,29?,30?/m0/s1. The van der Waals surface area contributed by atoms with E-state index in [-0.39, 0.29) is 60.9 Å². The lowest BCUT2D eigenvalue weighted by Gasteiger charge is -2.65. The fraction of sp³-hybridized carbons (Fsp3) is 0.645. The number of nitrogens with zero attached hydrogens (tertiary/aromatic N) is 5. The maximum atomic E-state index is 14.1. The van der Waals surface area contributed by atoms with Crippen LogP contribution in [-0.4, -0.2) is 47.8 Å². The van der Waals surface area contributed by atoms with Crippen LogP contribution in [0.2, 0.25) is 0 Å². The molecule has 2 N–H and O–H groups in total. The first-order valence-electron chi connectivity index (χ1n) is 15.5. The van der Waals surface area contributed by atoms with Crippen LogP contribution in [0.15, 0.2) is 30.7 Å². The quantitative estimate of drug-likeness (QED) is 0.314. The van der Waals surface area contributed by atoms with Gasteiger partial charge >= 0.3 is 0 Å². The van der Waals surface area contributed by atoms with Gasteiger partial charge in [0, 0.05) is 31.5 Å². The zero-order chi connectivity index (χ0) is 30.1. The van der Waals surface area contributed by atoms with Gasteiger partial charge in [-0.3, -0.25) is 14.3 Å². The Morgan fingerprint density at radius 2 is 1.70 bits per heavy atom. The summed E-state index contributed by atoms with van der Waals surface area (Å²) in [5.41, 5.74) is 1.16. The Hall–Kier alpha value is -3.44. The predicted octanol–water partition coefficient (Wildman–Crippen LogP) is 5.65. The minimum Gasteiger partial charge on any atom is -0.349 e. The molecule has 0 radical (unpaired) electrons. The maximum Gasteiger partial charge on any atom is 0.270 e. The Bertz CT molecular complexity index is 1530. The van der Waals surface area contributed by atoms with Gasteiger partial charge in [-0.2, -0.15) is 10.2 Å². The number of hydrogen-bond acceptors (Lipinski definition) is 5. The number of fused-ring (bicyclic) bond motifs is 1. The lowest BCUT2D eigenvalue weighted by molar-refractivity contribution is -0.215. The molecule has 0 aromatic carbocycles. The smallest absolute Gasteiger partial charge is 0.270 e. The number of rotatable bonds is 10. The molecule has 3 aromatic rings. The third kappa shape index (κ3) is 5.42. The van der Waals surface area contributed by atoms with E-state index in [1.165, 1.54) is 0 Å². The van der Waals surface area contributed by atoms with E-state index in [4.69, 9.17) is 4.98 Å². The molecule has 5 aliphatic carbocycles. The van der Waals surface area contributed by atoms with E-state index in [2.05, 4.69) is 20.8 Å². The summed E-state index contributed by atoms with van der Waals surface area (Å²) >= 11 is 0. The highest BCUT2D eigenvalue weighted by atomic mass is 19.3. The zero-order valence-electron chi connectivity index (χ0n) is 24.5. The highest BCUT2D eigenvalue weighted by Crippen LogP contribution is 2.71. The largest absolute Gasteiger partial charge is 0.349 e. The van der Waals surface area contributed by atoms with Crippen LogP contribution in [0.25, 0.3) is 5.65 Å². The van der Waals surface area contributed by atoms with Crippen molar-refractivity contribution in [1.29, 1.82) is 0 Å². The summed E-state index contributed by atoms with van der Waals surface area (Å²) in [5, 5.41) is 15.1. The van der Waals surface area contributed by atoms with Crippen molar-refractivity contribution in [2.24, 2.45) is 17.3 Å². The van der Waals surface area contributed by atoms with E-state index in [1.807, 2.05) is 19.9 Å². The molecule has 2 bridgehead atoms. The van der Waals surface area contributed by atoms with Gasteiger partial charge in [0.1, 0.15) is 11.4 Å². The first-order chi connectivity index (χ1) is 20.4. The van der Waals surface area contributed by atoms with Gasteiger partial charge in [0.2, 0.25) is 11.8 Å². The number of aromatic nitrogens is 5. The SMILES string of the molecule is CC(C)n1nccc1C(=O)N[C@H](c1cn2ncc(C(NC(=O)CC34CC(F)(C3)C4)C3CC3)cc2n1)C1CCC(F)(F)CC1. The third-order valence-corrected chi connectivity index (χ3v) is 9.97. The molecular formula is C31H38F3N7O2. The van der Waals surface area contributed by atoms with Gasteiger partial charge in [0.25, 0.3) is 5.91 Å². The van der Waals surface area contributed by atoms with Crippen LogP contribution in [0.5, 0.6) is 0 Å². The molecule has 5 fully saturated rings. The average molecular weight is 598 g/mol. The van der Waals surface area contributed by atoms with Gasteiger partial charge in [-0.15, -0.1) is 0 Å². The zero-order valence-corrected chi connectivity index (χ0v) is 24.5. The molecule has 3 heterocycles. The molecule has 12 heteroatoms. The Morgan fingerprint density at radius 1 is 1.00 bits per heavy atom. The molecule has 2 atom stereocenters. The van der Waals surface area contributed by atoms with Gasteiger partial charge in [0.05, 0.1) is 30.2 Å². The number of nitrogens with one attached hydrogen (secondary N) is 2. The molecule has 230 valence electrons. The van der Waals surface area contributed by atoms with Crippen LogP contribution in [0, 0.1) is 17.3 Å².